The van der Waals surface area contributed by atoms with Gasteiger partial charge in [0.05, 0.1) is 13.2 Å². The summed E-state index contributed by atoms with van der Waals surface area (Å²) in [7, 11) is 1.63. The van der Waals surface area contributed by atoms with Crippen LogP contribution in [0.15, 0.2) is 0 Å². The van der Waals surface area contributed by atoms with Gasteiger partial charge in [0.1, 0.15) is 0 Å². The van der Waals surface area contributed by atoms with Crippen LogP contribution in [-0.4, -0.2) is 38.8 Å². The molecule has 0 bridgehead atoms. The monoisotopic (exact) mass is 174 g/mol. The zero-order valence-electron chi connectivity index (χ0n) is 8.02. The minimum Gasteiger partial charge on any atom is -0.383 e. The van der Waals surface area contributed by atoms with Crippen LogP contribution in [0, 0.1) is 0 Å². The van der Waals surface area contributed by atoms with Crippen LogP contribution in [-0.2, 0) is 9.53 Å². The maximum Gasteiger partial charge on any atom is 0.234 e. The highest BCUT2D eigenvalue weighted by Gasteiger charge is 2.00. The molecule has 4 nitrogen and oxygen atoms in total. The van der Waals surface area contributed by atoms with Crippen LogP contribution in [0.4, 0.5) is 0 Å². The molecule has 0 aliphatic carbocycles. The van der Waals surface area contributed by atoms with E-state index >= 15 is 0 Å². The Morgan fingerprint density at radius 2 is 2.17 bits per heavy atom. The Kier molecular flexibility index (Phi) is 6.70. The normalized spacial score (nSPS) is 10.3. The number of hydrogen-bond acceptors (Lipinski definition) is 3. The molecule has 0 saturated heterocycles. The van der Waals surface area contributed by atoms with Gasteiger partial charge in [-0.2, -0.15) is 0 Å². The minimum atomic E-state index is 0.0288. The molecule has 0 spiro atoms. The average Bonchev–Trinajstić information content (AvgIpc) is 1.97. The van der Waals surface area contributed by atoms with Crippen molar-refractivity contribution in [3.8, 4) is 0 Å². The lowest BCUT2D eigenvalue weighted by atomic mass is 10.4. The van der Waals surface area contributed by atoms with Crippen molar-refractivity contribution in [3.63, 3.8) is 0 Å². The van der Waals surface area contributed by atoms with E-state index in [0.29, 0.717) is 19.7 Å². The number of nitrogens with one attached hydrogen (secondary N) is 2. The second-order valence-corrected chi connectivity index (χ2v) is 2.89. The van der Waals surface area contributed by atoms with Gasteiger partial charge >= 0.3 is 0 Å². The first-order valence-electron chi connectivity index (χ1n) is 4.16. The Morgan fingerprint density at radius 3 is 2.67 bits per heavy atom. The van der Waals surface area contributed by atoms with Gasteiger partial charge < -0.3 is 15.4 Å². The van der Waals surface area contributed by atoms with E-state index in [0.717, 1.165) is 0 Å². The fourth-order valence-corrected chi connectivity index (χ4v) is 0.749. The average molecular weight is 174 g/mol. The SMILES string of the molecule is COCCNCC(=O)NC(C)C. The Bertz CT molecular complexity index is 126. The molecule has 1 amide bonds. The van der Waals surface area contributed by atoms with Gasteiger partial charge in [0.15, 0.2) is 0 Å². The third kappa shape index (κ3) is 7.50. The minimum absolute atomic E-state index is 0.0288. The molecule has 0 atom stereocenters. The molecule has 0 aliphatic heterocycles. The zero-order valence-corrected chi connectivity index (χ0v) is 8.02. The standard InChI is InChI=1S/C8H18N2O2/c1-7(2)10-8(11)6-9-4-5-12-3/h7,9H,4-6H2,1-3H3,(H,10,11). The largest absolute Gasteiger partial charge is 0.383 e. The highest BCUT2D eigenvalue weighted by atomic mass is 16.5. The molecule has 4 heteroatoms. The molecular formula is C8H18N2O2. The molecule has 0 unspecified atom stereocenters. The Labute approximate surface area is 73.7 Å². The molecule has 0 aromatic rings. The summed E-state index contributed by atoms with van der Waals surface area (Å²) in [4.78, 5) is 11.0. The van der Waals surface area contributed by atoms with E-state index in [1.54, 1.807) is 7.11 Å². The maximum absolute atomic E-state index is 11.0. The van der Waals surface area contributed by atoms with Gasteiger partial charge in [-0.3, -0.25) is 4.79 Å². The summed E-state index contributed by atoms with van der Waals surface area (Å²) in [6, 6.07) is 0.210. The lowest BCUT2D eigenvalue weighted by molar-refractivity contribution is -0.120. The van der Waals surface area contributed by atoms with Gasteiger partial charge in [0.25, 0.3) is 0 Å². The summed E-state index contributed by atoms with van der Waals surface area (Å²) in [6.45, 7) is 5.58. The number of amides is 1. The van der Waals surface area contributed by atoms with Crippen LogP contribution < -0.4 is 10.6 Å². The van der Waals surface area contributed by atoms with E-state index in [2.05, 4.69) is 10.6 Å². The zero-order chi connectivity index (χ0) is 9.40. The fraction of sp³-hybridized carbons (Fsp3) is 0.875. The molecule has 2 N–H and O–H groups in total. The number of hydrogen-bond donors (Lipinski definition) is 2. The lowest BCUT2D eigenvalue weighted by Gasteiger charge is -2.08. The molecule has 0 fully saturated rings. The van der Waals surface area contributed by atoms with Crippen molar-refractivity contribution in [1.29, 1.82) is 0 Å². The topological polar surface area (TPSA) is 50.4 Å². The lowest BCUT2D eigenvalue weighted by Crippen LogP contribution is -2.38. The molecular weight excluding hydrogens is 156 g/mol. The number of methoxy groups -OCH3 is 1. The van der Waals surface area contributed by atoms with Crippen LogP contribution in [0.25, 0.3) is 0 Å². The first-order chi connectivity index (χ1) is 5.66. The van der Waals surface area contributed by atoms with Crippen LogP contribution >= 0.6 is 0 Å². The first kappa shape index (κ1) is 11.4. The molecule has 0 aromatic carbocycles. The predicted molar refractivity (Wildman–Crippen MR) is 48.0 cm³/mol. The summed E-state index contributed by atoms with van der Waals surface area (Å²) in [5.41, 5.74) is 0. The molecule has 12 heavy (non-hydrogen) atoms. The van der Waals surface area contributed by atoms with Crippen molar-refractivity contribution in [2.45, 2.75) is 19.9 Å². The summed E-state index contributed by atoms with van der Waals surface area (Å²) in [6.07, 6.45) is 0. The van der Waals surface area contributed by atoms with E-state index in [1.807, 2.05) is 13.8 Å². The highest BCUT2D eigenvalue weighted by Crippen LogP contribution is 1.75. The third-order valence-corrected chi connectivity index (χ3v) is 1.22. The van der Waals surface area contributed by atoms with Gasteiger partial charge in [-0.15, -0.1) is 0 Å². The van der Waals surface area contributed by atoms with Crippen molar-refractivity contribution < 1.29 is 9.53 Å². The first-order valence-corrected chi connectivity index (χ1v) is 4.16. The quantitative estimate of drug-likeness (QED) is 0.546. The smallest absolute Gasteiger partial charge is 0.234 e. The van der Waals surface area contributed by atoms with Gasteiger partial charge in [0.2, 0.25) is 5.91 Å². The summed E-state index contributed by atoms with van der Waals surface area (Å²) in [5.74, 6) is 0.0288. The number of carbonyl (C=O) groups is 1. The second-order valence-electron chi connectivity index (χ2n) is 2.89. The molecule has 0 aromatic heterocycles. The summed E-state index contributed by atoms with van der Waals surface area (Å²) in [5, 5.41) is 5.73. The van der Waals surface area contributed by atoms with E-state index in [4.69, 9.17) is 4.74 Å². The van der Waals surface area contributed by atoms with Crippen LogP contribution in [0.2, 0.25) is 0 Å². The van der Waals surface area contributed by atoms with Gasteiger partial charge in [0, 0.05) is 19.7 Å². The van der Waals surface area contributed by atoms with E-state index in [1.165, 1.54) is 0 Å². The molecule has 0 radical (unpaired) electrons. The molecule has 0 saturated carbocycles. The fourth-order valence-electron chi connectivity index (χ4n) is 0.749. The van der Waals surface area contributed by atoms with E-state index in [-0.39, 0.29) is 11.9 Å². The Hall–Kier alpha value is -0.610. The summed E-state index contributed by atoms with van der Waals surface area (Å²) >= 11 is 0. The third-order valence-electron chi connectivity index (χ3n) is 1.22. The molecule has 0 heterocycles. The van der Waals surface area contributed by atoms with Crippen molar-refractivity contribution >= 4 is 5.91 Å². The van der Waals surface area contributed by atoms with Crippen LogP contribution in [0.1, 0.15) is 13.8 Å². The number of ether oxygens (including phenoxy) is 1. The highest BCUT2D eigenvalue weighted by molar-refractivity contribution is 5.78. The van der Waals surface area contributed by atoms with Crippen molar-refractivity contribution in [2.24, 2.45) is 0 Å². The summed E-state index contributed by atoms with van der Waals surface area (Å²) < 4.78 is 4.81. The van der Waals surface area contributed by atoms with Crippen molar-refractivity contribution in [3.05, 3.63) is 0 Å². The Morgan fingerprint density at radius 1 is 1.50 bits per heavy atom. The van der Waals surface area contributed by atoms with Gasteiger partial charge in [-0.05, 0) is 13.8 Å². The molecule has 0 rings (SSSR count). The number of carbonyl (C=O) groups excluding carboxylic acids is 1. The van der Waals surface area contributed by atoms with E-state index < -0.39 is 0 Å². The molecule has 72 valence electrons. The maximum atomic E-state index is 11.0. The van der Waals surface area contributed by atoms with Crippen LogP contribution in [0.3, 0.4) is 0 Å². The van der Waals surface area contributed by atoms with Crippen LogP contribution in [0.5, 0.6) is 0 Å². The number of rotatable bonds is 6. The van der Waals surface area contributed by atoms with Crippen molar-refractivity contribution in [2.75, 3.05) is 26.8 Å². The molecule has 0 aliphatic rings. The van der Waals surface area contributed by atoms with Gasteiger partial charge in [-0.25, -0.2) is 0 Å². The van der Waals surface area contributed by atoms with Crippen molar-refractivity contribution in [1.82, 2.24) is 10.6 Å². The predicted octanol–water partition coefficient (Wildman–Crippen LogP) is -0.253. The van der Waals surface area contributed by atoms with E-state index in [9.17, 15) is 4.79 Å². The van der Waals surface area contributed by atoms with Gasteiger partial charge in [-0.1, -0.05) is 0 Å². The second kappa shape index (κ2) is 7.06. The Balaban J connectivity index is 3.20.